The van der Waals surface area contributed by atoms with Gasteiger partial charge in [0.25, 0.3) is 0 Å². The van der Waals surface area contributed by atoms with Gasteiger partial charge in [0.1, 0.15) is 9.88 Å². The molecule has 0 fully saturated rings. The first-order valence-electron chi connectivity index (χ1n) is 8.26. The minimum atomic E-state index is 0.00684. The van der Waals surface area contributed by atoms with Gasteiger partial charge in [-0.2, -0.15) is 0 Å². The van der Waals surface area contributed by atoms with Crippen LogP contribution in [0.3, 0.4) is 0 Å². The molecule has 0 radical (unpaired) electrons. The third-order valence-electron chi connectivity index (χ3n) is 3.89. The molecule has 4 heteroatoms. The first-order valence-corrected chi connectivity index (χ1v) is 9.07. The smallest absolute Gasteiger partial charge is 0.232 e. The number of nitrogens with zero attached hydrogens (tertiary/aromatic N) is 2. The van der Waals surface area contributed by atoms with Crippen molar-refractivity contribution in [2.75, 3.05) is 0 Å². The van der Waals surface area contributed by atoms with Crippen molar-refractivity contribution in [2.45, 2.75) is 0 Å². The lowest BCUT2D eigenvalue weighted by Gasteiger charge is -2.05. The lowest BCUT2D eigenvalue weighted by atomic mass is 10.1. The van der Waals surface area contributed by atoms with Crippen LogP contribution in [-0.4, -0.2) is 15.8 Å². The van der Waals surface area contributed by atoms with Gasteiger partial charge in [-0.05, 0) is 12.1 Å². The van der Waals surface area contributed by atoms with Gasteiger partial charge in [0.2, 0.25) is 5.88 Å². The zero-order chi connectivity index (χ0) is 17.8. The Morgan fingerprint density at radius 2 is 1.35 bits per heavy atom. The van der Waals surface area contributed by atoms with E-state index in [1.807, 2.05) is 91.0 Å². The van der Waals surface area contributed by atoms with Gasteiger partial charge in [-0.15, -0.1) is 11.3 Å². The molecule has 0 bridgehead atoms. The van der Waals surface area contributed by atoms with Crippen LogP contribution in [0.25, 0.3) is 10.6 Å². The highest BCUT2D eigenvalue weighted by molar-refractivity contribution is 7.17. The molecule has 0 saturated heterocycles. The van der Waals surface area contributed by atoms with Crippen molar-refractivity contribution in [3.63, 3.8) is 0 Å². The summed E-state index contributed by atoms with van der Waals surface area (Å²) < 4.78 is 0. The zero-order valence-corrected chi connectivity index (χ0v) is 14.7. The van der Waals surface area contributed by atoms with E-state index in [2.05, 4.69) is 4.98 Å². The standard InChI is InChI=1S/C22H16N2OS/c25-21-20(26-22(24-21)17-12-6-2-7-13-17)19(16-10-4-1-5-11-16)23-18-14-8-3-9-15-18/h1-15,25H. The van der Waals surface area contributed by atoms with E-state index in [0.29, 0.717) is 10.6 Å². The molecule has 3 aromatic carbocycles. The van der Waals surface area contributed by atoms with Crippen LogP contribution >= 0.6 is 11.3 Å². The Morgan fingerprint density at radius 1 is 0.769 bits per heavy atom. The second kappa shape index (κ2) is 7.33. The maximum absolute atomic E-state index is 10.5. The van der Waals surface area contributed by atoms with Crippen LogP contribution in [0.4, 0.5) is 5.69 Å². The van der Waals surface area contributed by atoms with Crippen molar-refractivity contribution < 1.29 is 5.11 Å². The number of para-hydroxylation sites is 1. The monoisotopic (exact) mass is 356 g/mol. The predicted molar refractivity (Wildman–Crippen MR) is 107 cm³/mol. The molecule has 0 spiro atoms. The maximum Gasteiger partial charge on any atom is 0.232 e. The van der Waals surface area contributed by atoms with Crippen LogP contribution in [0, 0.1) is 0 Å². The minimum absolute atomic E-state index is 0.00684. The number of benzene rings is 3. The van der Waals surface area contributed by atoms with E-state index < -0.39 is 0 Å². The van der Waals surface area contributed by atoms with Crippen LogP contribution in [0.5, 0.6) is 5.88 Å². The molecule has 126 valence electrons. The molecule has 0 aliphatic carbocycles. The van der Waals surface area contributed by atoms with Crippen molar-refractivity contribution >= 4 is 22.7 Å². The van der Waals surface area contributed by atoms with E-state index in [4.69, 9.17) is 4.99 Å². The summed E-state index contributed by atoms with van der Waals surface area (Å²) >= 11 is 1.44. The van der Waals surface area contributed by atoms with Gasteiger partial charge < -0.3 is 5.11 Å². The summed E-state index contributed by atoms with van der Waals surface area (Å²) in [4.78, 5) is 9.82. The molecule has 1 aromatic heterocycles. The number of rotatable bonds is 4. The summed E-state index contributed by atoms with van der Waals surface area (Å²) in [6.07, 6.45) is 0. The predicted octanol–water partition coefficient (Wildman–Crippen LogP) is 5.68. The molecule has 0 saturated carbocycles. The summed E-state index contributed by atoms with van der Waals surface area (Å²) in [5.74, 6) is 0.00684. The van der Waals surface area contributed by atoms with Crippen LogP contribution in [0.2, 0.25) is 0 Å². The van der Waals surface area contributed by atoms with Gasteiger partial charge in [0, 0.05) is 11.1 Å². The van der Waals surface area contributed by atoms with Gasteiger partial charge in [-0.3, -0.25) is 0 Å². The van der Waals surface area contributed by atoms with Gasteiger partial charge in [-0.1, -0.05) is 78.9 Å². The fraction of sp³-hybridized carbons (Fsp3) is 0. The molecule has 0 aliphatic heterocycles. The van der Waals surface area contributed by atoms with E-state index in [1.165, 1.54) is 11.3 Å². The molecule has 26 heavy (non-hydrogen) atoms. The van der Waals surface area contributed by atoms with Crippen molar-refractivity contribution in [1.29, 1.82) is 0 Å². The van der Waals surface area contributed by atoms with Crippen molar-refractivity contribution in [3.8, 4) is 16.5 Å². The Balaban J connectivity index is 1.85. The van der Waals surface area contributed by atoms with Crippen molar-refractivity contribution in [2.24, 2.45) is 4.99 Å². The summed E-state index contributed by atoms with van der Waals surface area (Å²) in [7, 11) is 0. The van der Waals surface area contributed by atoms with Gasteiger partial charge in [0.05, 0.1) is 11.4 Å². The van der Waals surface area contributed by atoms with E-state index in [-0.39, 0.29) is 5.88 Å². The normalized spacial score (nSPS) is 11.5. The lowest BCUT2D eigenvalue weighted by Crippen LogP contribution is -2.00. The van der Waals surface area contributed by atoms with Gasteiger partial charge >= 0.3 is 0 Å². The average molecular weight is 356 g/mol. The Hall–Kier alpha value is -3.24. The Morgan fingerprint density at radius 3 is 2.00 bits per heavy atom. The van der Waals surface area contributed by atoms with E-state index in [0.717, 1.165) is 21.8 Å². The average Bonchev–Trinajstić information content (AvgIpc) is 3.10. The number of hydrogen-bond acceptors (Lipinski definition) is 4. The second-order valence-corrected chi connectivity index (χ2v) is 6.70. The first-order chi connectivity index (χ1) is 12.8. The molecule has 0 aliphatic rings. The molecule has 1 N–H and O–H groups in total. The third kappa shape index (κ3) is 3.41. The van der Waals surface area contributed by atoms with E-state index in [1.54, 1.807) is 0 Å². The van der Waals surface area contributed by atoms with Crippen LogP contribution < -0.4 is 0 Å². The lowest BCUT2D eigenvalue weighted by molar-refractivity contribution is 0.457. The summed E-state index contributed by atoms with van der Waals surface area (Å²) in [6.45, 7) is 0. The Kier molecular flexibility index (Phi) is 4.58. The highest BCUT2D eigenvalue weighted by Crippen LogP contribution is 2.34. The van der Waals surface area contributed by atoms with E-state index >= 15 is 0 Å². The molecule has 1 heterocycles. The number of aliphatic imine (C=N–C) groups is 1. The van der Waals surface area contributed by atoms with Gasteiger partial charge in [-0.25, -0.2) is 9.98 Å². The van der Waals surface area contributed by atoms with Crippen LogP contribution in [0.15, 0.2) is 96.0 Å². The fourth-order valence-corrected chi connectivity index (χ4v) is 3.62. The van der Waals surface area contributed by atoms with Crippen molar-refractivity contribution in [3.05, 3.63) is 101 Å². The minimum Gasteiger partial charge on any atom is -0.492 e. The van der Waals surface area contributed by atoms with E-state index in [9.17, 15) is 5.11 Å². The molecule has 4 rings (SSSR count). The highest BCUT2D eigenvalue weighted by Gasteiger charge is 2.18. The maximum atomic E-state index is 10.5. The number of hydrogen-bond donors (Lipinski definition) is 1. The van der Waals surface area contributed by atoms with Gasteiger partial charge in [0.15, 0.2) is 0 Å². The highest BCUT2D eigenvalue weighted by atomic mass is 32.1. The summed E-state index contributed by atoms with van der Waals surface area (Å²) in [6, 6.07) is 29.5. The summed E-state index contributed by atoms with van der Waals surface area (Å²) in [5, 5.41) is 11.3. The SMILES string of the molecule is Oc1nc(-c2ccccc2)sc1C(=Nc1ccccc1)c1ccccc1. The number of aromatic nitrogens is 1. The van der Waals surface area contributed by atoms with Crippen LogP contribution in [0.1, 0.15) is 10.4 Å². The molecule has 4 aromatic rings. The van der Waals surface area contributed by atoms with Crippen molar-refractivity contribution in [1.82, 2.24) is 4.98 Å². The van der Waals surface area contributed by atoms with Crippen LogP contribution in [-0.2, 0) is 0 Å². The molecule has 0 unspecified atom stereocenters. The first kappa shape index (κ1) is 16.2. The molecule has 3 nitrogen and oxygen atoms in total. The third-order valence-corrected chi connectivity index (χ3v) is 4.99. The number of aromatic hydroxyl groups is 1. The molecular formula is C22H16N2OS. The molecule has 0 atom stereocenters. The number of thiazole rings is 1. The molecule has 0 amide bonds. The largest absolute Gasteiger partial charge is 0.492 e. The zero-order valence-electron chi connectivity index (χ0n) is 13.9. The topological polar surface area (TPSA) is 45.5 Å². The Labute approximate surface area is 156 Å². The summed E-state index contributed by atoms with van der Waals surface area (Å²) in [5.41, 5.74) is 3.47. The quantitative estimate of drug-likeness (QED) is 0.478. The molecular weight excluding hydrogens is 340 g/mol. The fourth-order valence-electron chi connectivity index (χ4n) is 2.64. The second-order valence-electron chi connectivity index (χ2n) is 5.70. The Bertz CT molecular complexity index is 1030.